The number of Topliss-reactive ketones (excluding diaryl/α,β-unsaturated/α-hetero) is 4. The van der Waals surface area contributed by atoms with Gasteiger partial charge in [0.05, 0.1) is 26.4 Å². The van der Waals surface area contributed by atoms with Gasteiger partial charge in [-0.25, -0.2) is 19.2 Å². The normalized spacial score (nSPS) is 15.6. The molecule has 0 aromatic rings. The zero-order valence-corrected chi connectivity index (χ0v) is 20.3. The minimum Gasteiger partial charge on any atom is -0.460 e. The third-order valence-corrected chi connectivity index (χ3v) is 4.79. The zero-order valence-electron chi connectivity index (χ0n) is 20.3. The smallest absolute Gasteiger partial charge is 0.377 e. The fourth-order valence-electron chi connectivity index (χ4n) is 3.06. The molecule has 0 saturated carbocycles. The summed E-state index contributed by atoms with van der Waals surface area (Å²) in [7, 11) is 0. The van der Waals surface area contributed by atoms with Gasteiger partial charge in [-0.2, -0.15) is 0 Å². The molecule has 0 aromatic heterocycles. The van der Waals surface area contributed by atoms with E-state index in [0.717, 1.165) is 0 Å². The maximum absolute atomic E-state index is 12.6. The van der Waals surface area contributed by atoms with E-state index in [9.17, 15) is 58.8 Å². The first-order valence-electron chi connectivity index (χ1n) is 10.8. The van der Waals surface area contributed by atoms with Crippen LogP contribution in [0.25, 0.3) is 0 Å². The van der Waals surface area contributed by atoms with Gasteiger partial charge in [0, 0.05) is 0 Å². The summed E-state index contributed by atoms with van der Waals surface area (Å²) < 4.78 is 17.5. The molecule has 0 heterocycles. The number of hydrogen-bond donors (Lipinski definition) is 4. The van der Waals surface area contributed by atoms with Gasteiger partial charge >= 0.3 is 23.9 Å². The molecule has 4 atom stereocenters. The average molecular weight is 536 g/mol. The minimum absolute atomic E-state index is 0.483. The van der Waals surface area contributed by atoms with Gasteiger partial charge in [-0.05, 0) is 27.7 Å². The molecule has 208 valence electrons. The van der Waals surface area contributed by atoms with Crippen LogP contribution >= 0.6 is 0 Å². The van der Waals surface area contributed by atoms with E-state index in [1.54, 1.807) is 0 Å². The van der Waals surface area contributed by atoms with Crippen LogP contribution in [-0.2, 0) is 57.3 Å². The molecule has 0 aliphatic rings. The summed E-state index contributed by atoms with van der Waals surface area (Å²) in [5.41, 5.74) is -4.04. The van der Waals surface area contributed by atoms with Crippen LogP contribution in [0.5, 0.6) is 0 Å². The van der Waals surface area contributed by atoms with Gasteiger partial charge in [0.15, 0.2) is 0 Å². The third kappa shape index (κ3) is 7.22. The van der Waals surface area contributed by atoms with E-state index >= 15 is 0 Å². The van der Waals surface area contributed by atoms with Crippen LogP contribution in [0.15, 0.2) is 0 Å². The second-order valence-corrected chi connectivity index (χ2v) is 6.95. The molecule has 0 fully saturated rings. The second kappa shape index (κ2) is 14.8. The number of ether oxygens (including phenoxy) is 4. The topological polar surface area (TPSA) is 254 Å². The highest BCUT2D eigenvalue weighted by Gasteiger charge is 2.67. The second-order valence-electron chi connectivity index (χ2n) is 6.95. The first-order chi connectivity index (χ1) is 17.2. The average Bonchev–Trinajstić information content (AvgIpc) is 2.87. The fourth-order valence-corrected chi connectivity index (χ4v) is 3.06. The molecule has 0 aliphatic carbocycles. The molecular weight excluding hydrogens is 508 g/mol. The Kier molecular flexibility index (Phi) is 13.4. The highest BCUT2D eigenvalue weighted by molar-refractivity contribution is 6.41. The van der Waals surface area contributed by atoms with Crippen molar-refractivity contribution in [3.8, 4) is 0 Å². The van der Waals surface area contributed by atoms with E-state index in [0.29, 0.717) is 0 Å². The first kappa shape index (κ1) is 33.4. The Labute approximate surface area is 209 Å². The molecule has 0 spiro atoms. The number of carbonyl (C=O) groups is 8. The van der Waals surface area contributed by atoms with Crippen molar-refractivity contribution < 1.29 is 77.7 Å². The molecule has 0 aromatic carbocycles. The summed E-state index contributed by atoms with van der Waals surface area (Å²) in [6.45, 7) is 2.91. The van der Waals surface area contributed by atoms with Gasteiger partial charge in [-0.15, -0.1) is 0 Å². The Morgan fingerprint density at radius 3 is 0.757 bits per heavy atom. The van der Waals surface area contributed by atoms with Gasteiger partial charge in [0.2, 0.25) is 0 Å². The van der Waals surface area contributed by atoms with Gasteiger partial charge in [-0.3, -0.25) is 19.2 Å². The van der Waals surface area contributed by atoms with Gasteiger partial charge in [0.25, 0.3) is 23.1 Å². The molecule has 4 N–H and O–H groups in total. The van der Waals surface area contributed by atoms with Crippen LogP contribution < -0.4 is 0 Å². The predicted molar refractivity (Wildman–Crippen MR) is 113 cm³/mol. The Morgan fingerprint density at radius 1 is 0.459 bits per heavy atom. The Morgan fingerprint density at radius 2 is 0.622 bits per heavy atom. The lowest BCUT2D eigenvalue weighted by atomic mass is 9.63. The van der Waals surface area contributed by atoms with Gasteiger partial charge < -0.3 is 39.4 Å². The van der Waals surface area contributed by atoms with E-state index in [-0.39, 0.29) is 0 Å². The van der Waals surface area contributed by atoms with Crippen LogP contribution in [0.4, 0.5) is 0 Å². The number of carbonyl (C=O) groups excluding carboxylic acids is 8. The molecule has 16 nitrogen and oxygen atoms in total. The van der Waals surface area contributed by atoms with E-state index in [2.05, 4.69) is 18.9 Å². The maximum Gasteiger partial charge on any atom is 0.377 e. The molecule has 0 rings (SSSR count). The highest BCUT2D eigenvalue weighted by Crippen LogP contribution is 2.39. The summed E-state index contributed by atoms with van der Waals surface area (Å²) in [6.07, 6.45) is -13.7. The van der Waals surface area contributed by atoms with Crippen molar-refractivity contribution in [3.63, 3.8) is 0 Å². The third-order valence-electron chi connectivity index (χ3n) is 4.79. The lowest BCUT2D eigenvalue weighted by Gasteiger charge is -2.43. The van der Waals surface area contributed by atoms with Crippen LogP contribution in [0.1, 0.15) is 27.7 Å². The maximum atomic E-state index is 12.6. The molecule has 0 bridgehead atoms. The van der Waals surface area contributed by atoms with Crippen molar-refractivity contribution in [3.05, 3.63) is 0 Å². The number of aliphatic hydroxyl groups is 4. The van der Waals surface area contributed by atoms with Crippen LogP contribution in [0.3, 0.4) is 0 Å². The molecule has 0 aliphatic heterocycles. The van der Waals surface area contributed by atoms with E-state index in [4.69, 9.17) is 0 Å². The molecular formula is C21H28O16. The largest absolute Gasteiger partial charge is 0.460 e. The Hall–Kier alpha value is -3.60. The molecule has 0 amide bonds. The van der Waals surface area contributed by atoms with Crippen molar-refractivity contribution in [2.75, 3.05) is 26.4 Å². The summed E-state index contributed by atoms with van der Waals surface area (Å²) in [5, 5.41) is 43.1. The number of esters is 4. The van der Waals surface area contributed by atoms with E-state index in [1.165, 1.54) is 27.7 Å². The molecule has 0 saturated heterocycles. The molecule has 0 radical (unpaired) electrons. The van der Waals surface area contributed by atoms with Crippen LogP contribution in [0.2, 0.25) is 0 Å². The highest BCUT2D eigenvalue weighted by atomic mass is 16.6. The molecule has 4 unspecified atom stereocenters. The number of ketones is 4. The fraction of sp³-hybridized carbons (Fsp3) is 0.619. The number of aliphatic hydroxyl groups excluding tert-OH is 4. The standard InChI is InChI=1S/C21H28O16/c1-5-34-17(30)9(22)13(26)21(14(27)10(23)18(31)35-6-2,15(28)11(24)19(32)36-7-3)16(29)12(25)20(33)37-8-4/h13-16,26-29H,5-8H2,1-4H3. The van der Waals surface area contributed by atoms with Crippen molar-refractivity contribution in [1.82, 2.24) is 0 Å². The summed E-state index contributed by atoms with van der Waals surface area (Å²) in [5.74, 6) is -16.3. The zero-order chi connectivity index (χ0) is 29.1. The van der Waals surface area contributed by atoms with Crippen LogP contribution in [0, 0.1) is 5.41 Å². The molecule has 37 heavy (non-hydrogen) atoms. The Balaban J connectivity index is 7.42. The number of rotatable bonds is 16. The van der Waals surface area contributed by atoms with Crippen molar-refractivity contribution in [1.29, 1.82) is 0 Å². The monoisotopic (exact) mass is 536 g/mol. The van der Waals surface area contributed by atoms with Crippen LogP contribution in [-0.4, -0.2) is 118 Å². The summed E-state index contributed by atoms with van der Waals surface area (Å²) in [4.78, 5) is 98.5. The summed E-state index contributed by atoms with van der Waals surface area (Å²) in [6, 6.07) is 0. The van der Waals surface area contributed by atoms with E-state index < -0.39 is 103 Å². The Bertz CT molecular complexity index is 772. The molecule has 16 heteroatoms. The van der Waals surface area contributed by atoms with E-state index in [1.807, 2.05) is 0 Å². The minimum atomic E-state index is -4.04. The lowest BCUT2D eigenvalue weighted by molar-refractivity contribution is -0.207. The van der Waals surface area contributed by atoms with Gasteiger partial charge in [0.1, 0.15) is 29.8 Å². The number of hydrogen-bond acceptors (Lipinski definition) is 16. The van der Waals surface area contributed by atoms with Gasteiger partial charge in [-0.1, -0.05) is 0 Å². The van der Waals surface area contributed by atoms with Crippen molar-refractivity contribution in [2.24, 2.45) is 5.41 Å². The summed E-state index contributed by atoms with van der Waals surface area (Å²) >= 11 is 0. The SMILES string of the molecule is CCOC(=O)C(=O)C(O)C(C(O)C(=O)C(=O)OCC)(C(O)C(=O)C(=O)OCC)C(O)C(=O)C(=O)OCC. The quantitative estimate of drug-likeness (QED) is 0.0831. The lowest BCUT2D eigenvalue weighted by Crippen LogP contribution is -2.70. The predicted octanol–water partition coefficient (Wildman–Crippen LogP) is -4.05. The van der Waals surface area contributed by atoms with Crippen molar-refractivity contribution >= 4 is 47.0 Å². The van der Waals surface area contributed by atoms with Crippen molar-refractivity contribution in [2.45, 2.75) is 52.1 Å². The first-order valence-corrected chi connectivity index (χ1v) is 10.8.